The van der Waals surface area contributed by atoms with Gasteiger partial charge in [0, 0.05) is 24.2 Å². The Bertz CT molecular complexity index is 1380. The van der Waals surface area contributed by atoms with Gasteiger partial charge in [0.2, 0.25) is 0 Å². The van der Waals surface area contributed by atoms with Crippen LogP contribution in [-0.2, 0) is 5.75 Å². The molecule has 228 valence electrons. The molecule has 0 amide bonds. The molecule has 0 spiro atoms. The van der Waals surface area contributed by atoms with Gasteiger partial charge >= 0.3 is 22.7 Å². The number of pyridine rings is 1. The maximum atomic E-state index is 10.4. The van der Waals surface area contributed by atoms with E-state index in [0.29, 0.717) is 24.3 Å². The molecule has 3 aromatic rings. The molecule has 0 radical (unpaired) electrons. The molecule has 0 fully saturated rings. The van der Waals surface area contributed by atoms with Gasteiger partial charge in [0.15, 0.2) is 0 Å². The highest BCUT2D eigenvalue weighted by Gasteiger charge is 2.31. The summed E-state index contributed by atoms with van der Waals surface area (Å²) in [6, 6.07) is 7.75. The van der Waals surface area contributed by atoms with Gasteiger partial charge in [0.1, 0.15) is 0 Å². The molecule has 2 aromatic carbocycles. The minimum Gasteiger partial charge on any atom is -0.497 e. The zero-order valence-corrected chi connectivity index (χ0v) is 22.0. The number of rotatable bonds is 10. The molecule has 0 saturated heterocycles. The summed E-state index contributed by atoms with van der Waals surface area (Å²) in [6.45, 7) is 0.748. The fourth-order valence-corrected chi connectivity index (χ4v) is 3.38. The highest BCUT2D eigenvalue weighted by atomic mass is 32.2. The quantitative estimate of drug-likeness (QED) is 0.164. The Morgan fingerprint density at radius 2 is 1.02 bits per heavy atom. The van der Waals surface area contributed by atoms with E-state index in [2.05, 4.69) is 4.98 Å². The third-order valence-corrected chi connectivity index (χ3v) is 5.58. The molecular formula is C20H18N8O14S. The normalized spacial score (nSPS) is 9.79. The Morgan fingerprint density at radius 1 is 0.651 bits per heavy atom. The van der Waals surface area contributed by atoms with Gasteiger partial charge in [-0.3, -0.25) is 65.7 Å². The van der Waals surface area contributed by atoms with Crippen LogP contribution in [0.3, 0.4) is 0 Å². The van der Waals surface area contributed by atoms with Crippen LogP contribution in [0.1, 0.15) is 5.69 Å². The first-order valence-electron chi connectivity index (χ1n) is 10.9. The molecule has 4 N–H and O–H groups in total. The standard InChI is InChI=1S/C8H12N2S.2C6H3N3O7/c9-4-6-11-7-8-3-1-2-5-10-8;2*10-6-4(8(13)14)1-3(7(11)12)2-5(6)9(15)16/h1-3,5H,4,6-7,9H2;2*1-2,10H. The first-order chi connectivity index (χ1) is 20.1. The van der Waals surface area contributed by atoms with Crippen molar-refractivity contribution in [3.63, 3.8) is 0 Å². The summed E-state index contributed by atoms with van der Waals surface area (Å²) in [5.41, 5.74) is 0.478. The minimum atomic E-state index is -1.21. The summed E-state index contributed by atoms with van der Waals surface area (Å²) in [6.07, 6.45) is 1.82. The second-order valence-corrected chi connectivity index (χ2v) is 8.48. The molecule has 1 heterocycles. The van der Waals surface area contributed by atoms with Gasteiger partial charge in [-0.2, -0.15) is 11.8 Å². The van der Waals surface area contributed by atoms with Gasteiger partial charge in [0.05, 0.1) is 59.5 Å². The SMILES string of the molecule is NCCSCc1ccccn1.O=[N+]([O-])c1cc([N+](=O)[O-])c(O)c([N+](=O)[O-])c1.O=[N+]([O-])c1cc([N+](=O)[O-])c(O)c([N+](=O)[O-])c1. The average Bonchev–Trinajstić information content (AvgIpc) is 2.93. The number of phenols is 2. The number of non-ortho nitro benzene ring substituents is 2. The van der Waals surface area contributed by atoms with Crippen molar-refractivity contribution in [3.8, 4) is 11.5 Å². The summed E-state index contributed by atoms with van der Waals surface area (Å²) < 4.78 is 0. The van der Waals surface area contributed by atoms with Gasteiger partial charge in [-0.05, 0) is 12.1 Å². The second-order valence-electron chi connectivity index (χ2n) is 7.37. The van der Waals surface area contributed by atoms with E-state index < -0.39 is 75.2 Å². The molecule has 0 atom stereocenters. The molecule has 0 aliphatic heterocycles. The van der Waals surface area contributed by atoms with Crippen molar-refractivity contribution in [2.24, 2.45) is 5.73 Å². The van der Waals surface area contributed by atoms with Crippen molar-refractivity contribution < 1.29 is 39.8 Å². The van der Waals surface area contributed by atoms with E-state index in [4.69, 9.17) is 15.9 Å². The van der Waals surface area contributed by atoms with E-state index in [-0.39, 0.29) is 0 Å². The van der Waals surface area contributed by atoms with Gasteiger partial charge in [0.25, 0.3) is 22.9 Å². The predicted molar refractivity (Wildman–Crippen MR) is 146 cm³/mol. The first kappa shape index (κ1) is 34.9. The smallest absolute Gasteiger partial charge is 0.324 e. The molecule has 3 rings (SSSR count). The maximum Gasteiger partial charge on any atom is 0.324 e. The van der Waals surface area contributed by atoms with Crippen LogP contribution in [0, 0.1) is 60.7 Å². The Labute approximate surface area is 241 Å². The van der Waals surface area contributed by atoms with Crippen LogP contribution < -0.4 is 5.73 Å². The Balaban J connectivity index is 0.000000329. The molecular weight excluding hydrogens is 608 g/mol. The summed E-state index contributed by atoms with van der Waals surface area (Å²) in [5, 5.41) is 80.4. The van der Waals surface area contributed by atoms with E-state index in [0.717, 1.165) is 23.7 Å². The predicted octanol–water partition coefficient (Wildman–Crippen LogP) is 3.51. The number of thioether (sulfide) groups is 1. The average molecular weight is 626 g/mol. The topological polar surface area (TPSA) is 338 Å². The van der Waals surface area contributed by atoms with Crippen LogP contribution in [0.5, 0.6) is 11.5 Å². The molecule has 23 heteroatoms. The Kier molecular flexibility index (Phi) is 13.2. The van der Waals surface area contributed by atoms with Crippen LogP contribution in [0.25, 0.3) is 0 Å². The molecule has 1 aromatic heterocycles. The third-order valence-electron chi connectivity index (χ3n) is 4.56. The van der Waals surface area contributed by atoms with Crippen molar-refractivity contribution in [1.29, 1.82) is 0 Å². The molecule has 0 saturated carbocycles. The molecule has 0 aliphatic carbocycles. The molecule has 43 heavy (non-hydrogen) atoms. The number of nitro groups is 6. The number of hydrogen-bond donors (Lipinski definition) is 3. The van der Waals surface area contributed by atoms with Gasteiger partial charge in [-0.25, -0.2) is 0 Å². The van der Waals surface area contributed by atoms with E-state index in [1.54, 1.807) is 0 Å². The molecule has 0 aliphatic rings. The lowest BCUT2D eigenvalue weighted by molar-refractivity contribution is -0.404. The number of phenolic OH excluding ortho intramolecular Hbond substituents is 2. The molecule has 0 unspecified atom stereocenters. The number of nitro benzene ring substituents is 6. The lowest BCUT2D eigenvalue weighted by Crippen LogP contribution is -2.01. The van der Waals surface area contributed by atoms with Crippen LogP contribution in [0.4, 0.5) is 34.1 Å². The van der Waals surface area contributed by atoms with Crippen LogP contribution in [0.2, 0.25) is 0 Å². The highest BCUT2D eigenvalue weighted by molar-refractivity contribution is 7.98. The first-order valence-corrected chi connectivity index (χ1v) is 12.1. The maximum absolute atomic E-state index is 10.4. The van der Waals surface area contributed by atoms with Crippen molar-refractivity contribution in [1.82, 2.24) is 4.98 Å². The van der Waals surface area contributed by atoms with E-state index in [9.17, 15) is 60.7 Å². The number of benzene rings is 2. The number of hydrogen-bond acceptors (Lipinski definition) is 17. The summed E-state index contributed by atoms with van der Waals surface area (Å²) in [5.74, 6) is -0.435. The van der Waals surface area contributed by atoms with Crippen LogP contribution >= 0.6 is 11.8 Å². The van der Waals surface area contributed by atoms with Crippen molar-refractivity contribution in [3.05, 3.63) is 115 Å². The van der Waals surface area contributed by atoms with E-state index >= 15 is 0 Å². The molecule has 22 nitrogen and oxygen atoms in total. The molecule has 0 bridgehead atoms. The van der Waals surface area contributed by atoms with Crippen LogP contribution in [0.15, 0.2) is 48.7 Å². The van der Waals surface area contributed by atoms with Gasteiger partial charge in [-0.15, -0.1) is 0 Å². The minimum absolute atomic E-state index is 0.447. The summed E-state index contributed by atoms with van der Waals surface area (Å²) in [7, 11) is 0. The number of aromatic hydroxyl groups is 2. The summed E-state index contributed by atoms with van der Waals surface area (Å²) >= 11 is 1.82. The number of aromatic nitrogens is 1. The lowest BCUT2D eigenvalue weighted by Gasteiger charge is -1.97. The van der Waals surface area contributed by atoms with E-state index in [1.165, 1.54) is 0 Å². The number of nitrogens with two attached hydrogens (primary N) is 1. The van der Waals surface area contributed by atoms with Crippen LogP contribution in [-0.4, -0.2) is 57.0 Å². The largest absolute Gasteiger partial charge is 0.497 e. The van der Waals surface area contributed by atoms with Crippen molar-refractivity contribution in [2.75, 3.05) is 12.3 Å². The zero-order valence-electron chi connectivity index (χ0n) is 21.1. The summed E-state index contributed by atoms with van der Waals surface area (Å²) in [4.78, 5) is 59.7. The number of nitrogens with zero attached hydrogens (tertiary/aromatic N) is 7. The van der Waals surface area contributed by atoms with E-state index in [1.807, 2.05) is 36.2 Å². The van der Waals surface area contributed by atoms with Gasteiger partial charge < -0.3 is 15.9 Å². The highest BCUT2D eigenvalue weighted by Crippen LogP contribution is 2.40. The third kappa shape index (κ3) is 10.4. The van der Waals surface area contributed by atoms with Crippen molar-refractivity contribution >= 4 is 45.9 Å². The fraction of sp³-hybridized carbons (Fsp3) is 0.150. The lowest BCUT2D eigenvalue weighted by atomic mass is 10.2. The Morgan fingerprint density at radius 3 is 1.28 bits per heavy atom. The zero-order chi connectivity index (χ0) is 32.9. The fourth-order valence-electron chi connectivity index (χ4n) is 2.69. The van der Waals surface area contributed by atoms with Gasteiger partial charge in [-0.1, -0.05) is 6.07 Å². The van der Waals surface area contributed by atoms with Crippen molar-refractivity contribution in [2.45, 2.75) is 5.75 Å². The Hall–Kier alpha value is -6.10. The second kappa shape index (κ2) is 16.2. The monoisotopic (exact) mass is 626 g/mol.